The Kier molecular flexibility index (Phi) is 19.3. The molecule has 0 saturated carbocycles. The van der Waals surface area contributed by atoms with Gasteiger partial charge >= 0.3 is 0 Å². The Morgan fingerprint density at radius 3 is 1.06 bits per heavy atom. The van der Waals surface area contributed by atoms with Gasteiger partial charge in [0, 0.05) is 88.6 Å². The van der Waals surface area contributed by atoms with Crippen LogP contribution < -0.4 is 18.6 Å². The number of nitrogens with zero attached hydrogens (tertiary/aromatic N) is 8. The van der Waals surface area contributed by atoms with Gasteiger partial charge in [-0.05, 0) is 165 Å². The summed E-state index contributed by atoms with van der Waals surface area (Å²) in [4.78, 5) is 9.38. The molecule has 6 heterocycles. The van der Waals surface area contributed by atoms with Gasteiger partial charge in [-0.2, -0.15) is 35.4 Å². The van der Waals surface area contributed by atoms with Crippen LogP contribution in [0, 0.1) is 43.8 Å². The van der Waals surface area contributed by atoms with Crippen molar-refractivity contribution in [2.75, 3.05) is 0 Å². The third-order valence-corrected chi connectivity index (χ3v) is 24.7. The first-order chi connectivity index (χ1) is 76.4. The van der Waals surface area contributed by atoms with Crippen LogP contribution in [0.1, 0.15) is 85.6 Å². The van der Waals surface area contributed by atoms with Crippen LogP contribution in [0.3, 0.4) is 0 Å². The van der Waals surface area contributed by atoms with Gasteiger partial charge in [0.2, 0.25) is 0 Å². The van der Waals surface area contributed by atoms with E-state index in [1.54, 1.807) is 41.1 Å². The number of aromatic nitrogens is 8. The SMILES string of the molecule is CC(C)(C)c1cc(Oc2[c-]c3c(cc2)c2ccccc2n3-c2ccccn2)[c-]c(-n2[c-][n+](-c3c(-c4ccc(-c5ccccc5)cc4)cccc3-c3ccc(-c4ccccc4)cc3)c3ccccc32)c1.[2H]c1c([2H])c([2H])c(-c2c([2H])c([2H])c(-c3c([2H])c([2H])c([2H])c(-c4c([2H])c([2H])c(-c5c([2H])c([2H])c(C)c([2H])c5[2H])c([2H])c4[2H])c3-[n+]3[c-]n(-c4[c-]c(Oc5[c-]c6c(cc5)c5ccccc5n6-c5ccccn5)cc(C(C)(C)C)c4)c4ccccc43)c([2H])c2[2H])c([2H])c1[2H].[Pt].[Pt]. The average molecular weight is 2200 g/mol. The molecule has 0 unspecified atom stereocenters. The molecule has 0 atom stereocenters. The van der Waals surface area contributed by atoms with Crippen LogP contribution in [0.5, 0.6) is 23.0 Å². The van der Waals surface area contributed by atoms with E-state index in [4.69, 9.17) is 26.8 Å². The molecule has 0 spiro atoms. The molecular formula is C129H94N8O2Pt2-4. The number of pyridine rings is 2. The second kappa shape index (κ2) is 38.6. The first-order valence-electron chi connectivity index (χ1n) is 55.5. The fourth-order valence-electron chi connectivity index (χ4n) is 17.8. The molecule has 0 aliphatic heterocycles. The molecule has 0 fully saturated rings. The van der Waals surface area contributed by atoms with Crippen molar-refractivity contribution >= 4 is 65.7 Å². The smallest absolute Gasteiger partial charge is 0.268 e. The normalized spacial score (nSPS) is 13.5. The van der Waals surface area contributed by atoms with Crippen LogP contribution in [0.25, 0.3) is 189 Å². The minimum atomic E-state index is -0.944. The molecular weight excluding hydrogens is 2080 g/mol. The molecule has 0 aliphatic carbocycles. The van der Waals surface area contributed by atoms with Crippen molar-refractivity contribution in [3.63, 3.8) is 0 Å². The number of benzene rings is 18. The van der Waals surface area contributed by atoms with Gasteiger partial charge in [0.1, 0.15) is 11.6 Å². The largest absolute Gasteiger partial charge is 0.510 e. The molecule has 0 N–H and O–H groups in total. The van der Waals surface area contributed by atoms with Gasteiger partial charge in [0.25, 0.3) is 12.7 Å². The predicted octanol–water partition coefficient (Wildman–Crippen LogP) is 31.4. The number of fused-ring (bicyclic) bond motifs is 8. The molecule has 10 nitrogen and oxygen atoms in total. The fourth-order valence-corrected chi connectivity index (χ4v) is 17.8. The molecule has 686 valence electrons. The standard InChI is InChI=1S/C65H48N4O.C64H46N4O.2Pt/c1-44-24-26-46(27-25-44)48-30-34-50(35-31-48)56-19-14-18-55(49-32-28-47(29-33-49)45-15-6-5-7-16-45)64(56)68-43-67(60-21-10-11-22-61(60)68)52-39-51(65(2,3)4)40-54(41-52)70-53-36-37-58-57-17-8-9-20-59(57)69(62(58)42-53)63-23-12-13-38-66-63;1-64(2,3)50-39-51(41-53(40-50)69-52-36-37-57-56-21-10-11-24-58(56)68(61(57)42-52)62-27-14-15-38-65-62)66-43-67(60-26-13-12-25-59(60)66)63-54(48-32-28-46(29-33-48)44-17-6-4-7-18-44)22-16-23-55(63)49-34-30-47(31-35-49)45-19-8-5-9-20-45;;/h5-40H,1-4H3;4-40H,1-3H3;;/q2*-2;;/i5D,6D,7D,14D,15D,16D,18D,19D,24D,25D,26D,27D,28D,29D,30D,31D,32D,33D,34D,35D;;;. The molecule has 24 aromatic rings. The van der Waals surface area contributed by atoms with Gasteiger partial charge in [0.15, 0.2) is 0 Å². The van der Waals surface area contributed by atoms with Crippen molar-refractivity contribution in [2.24, 2.45) is 0 Å². The van der Waals surface area contributed by atoms with Crippen LogP contribution in [-0.4, -0.2) is 28.2 Å². The van der Waals surface area contributed by atoms with Crippen LogP contribution in [0.15, 0.2) is 443 Å². The van der Waals surface area contributed by atoms with E-state index in [0.717, 1.165) is 99.7 Å². The fraction of sp³-hybridized carbons (Fsp3) is 0.0698. The van der Waals surface area contributed by atoms with Crippen LogP contribution in [0.2, 0.25) is 0 Å². The van der Waals surface area contributed by atoms with E-state index in [0.29, 0.717) is 34.1 Å². The Balaban J connectivity index is 0.000000189. The van der Waals surface area contributed by atoms with Gasteiger partial charge in [-0.25, -0.2) is 9.97 Å². The summed E-state index contributed by atoms with van der Waals surface area (Å²) in [5.41, 5.74) is 12.6. The first-order valence-corrected chi connectivity index (χ1v) is 45.5. The van der Waals surface area contributed by atoms with Crippen molar-refractivity contribution in [1.29, 1.82) is 0 Å². The second-order valence-corrected chi connectivity index (χ2v) is 35.8. The maximum Gasteiger partial charge on any atom is 0.268 e. The summed E-state index contributed by atoms with van der Waals surface area (Å²) < 4.78 is 208. The van der Waals surface area contributed by atoms with Gasteiger partial charge in [-0.1, -0.05) is 403 Å². The van der Waals surface area contributed by atoms with Crippen molar-refractivity contribution < 1.29 is 88.2 Å². The van der Waals surface area contributed by atoms with Crippen molar-refractivity contribution in [2.45, 2.75) is 59.3 Å². The maximum absolute atomic E-state index is 9.79. The summed E-state index contributed by atoms with van der Waals surface area (Å²) in [5.74, 6) is 3.18. The van der Waals surface area contributed by atoms with E-state index in [-0.39, 0.29) is 70.1 Å². The number of hydrogen-bond donors (Lipinski definition) is 0. The van der Waals surface area contributed by atoms with Crippen LogP contribution >= 0.6 is 0 Å². The molecule has 141 heavy (non-hydrogen) atoms. The predicted molar refractivity (Wildman–Crippen MR) is 566 cm³/mol. The molecule has 18 aromatic carbocycles. The zero-order chi connectivity index (χ0) is 111. The Morgan fingerprint density at radius 2 is 0.645 bits per heavy atom. The topological polar surface area (TPSA) is 71.7 Å². The summed E-state index contributed by atoms with van der Waals surface area (Å²) in [7, 11) is 0. The average Bonchev–Trinajstić information content (AvgIpc) is 1.22. The van der Waals surface area contributed by atoms with Crippen molar-refractivity contribution in [1.82, 2.24) is 28.2 Å². The molecule has 0 bridgehead atoms. The Labute approximate surface area is 878 Å². The first kappa shape index (κ1) is 70.4. The number of hydrogen-bond acceptors (Lipinski definition) is 4. The van der Waals surface area contributed by atoms with E-state index in [1.165, 1.54) is 33.7 Å². The summed E-state index contributed by atoms with van der Waals surface area (Å²) >= 11 is 0. The Hall–Kier alpha value is -16.2. The molecule has 6 aromatic heterocycles. The second-order valence-electron chi connectivity index (χ2n) is 35.8. The van der Waals surface area contributed by atoms with Crippen molar-refractivity contribution in [3.05, 3.63) is 496 Å². The summed E-state index contributed by atoms with van der Waals surface area (Å²) in [6, 6.07) is 102. The third kappa shape index (κ3) is 18.0. The number of para-hydroxylation sites is 8. The van der Waals surface area contributed by atoms with E-state index < -0.39 is 176 Å². The van der Waals surface area contributed by atoms with Crippen LogP contribution in [-0.2, 0) is 53.0 Å². The quantitative estimate of drug-likeness (QED) is 0.0634. The van der Waals surface area contributed by atoms with E-state index in [2.05, 4.69) is 271 Å². The summed E-state index contributed by atoms with van der Waals surface area (Å²) in [6.45, 7) is 14.0. The maximum atomic E-state index is 9.79. The van der Waals surface area contributed by atoms with Crippen molar-refractivity contribution in [3.8, 4) is 146 Å². The number of rotatable bonds is 18. The zero-order valence-electron chi connectivity index (χ0n) is 97.1. The molecule has 0 saturated heterocycles. The van der Waals surface area contributed by atoms with Gasteiger partial charge < -0.3 is 27.7 Å². The van der Waals surface area contributed by atoms with Gasteiger partial charge in [0.05, 0.1) is 60.9 Å². The molecule has 24 rings (SSSR count). The van der Waals surface area contributed by atoms with E-state index >= 15 is 0 Å². The minimum Gasteiger partial charge on any atom is -0.510 e. The monoisotopic (exact) mass is 2200 g/mol. The molecule has 12 heteroatoms. The third-order valence-electron chi connectivity index (χ3n) is 24.7. The molecule has 0 radical (unpaired) electrons. The van der Waals surface area contributed by atoms with Gasteiger partial charge in [-0.3, -0.25) is 9.13 Å². The Bertz CT molecular complexity index is 9710. The Morgan fingerprint density at radius 1 is 0.284 bits per heavy atom. The van der Waals surface area contributed by atoms with E-state index in [1.807, 2.05) is 116 Å². The van der Waals surface area contributed by atoms with Crippen LogP contribution in [0.4, 0.5) is 0 Å². The van der Waals surface area contributed by atoms with E-state index in [9.17, 15) is 15.1 Å². The zero-order valence-corrected chi connectivity index (χ0v) is 81.7. The molecule has 0 aliphatic rings. The number of imidazole rings is 2. The summed E-state index contributed by atoms with van der Waals surface area (Å²) in [5, 5.41) is 4.06. The molecule has 0 amide bonds. The number of ether oxygens (including phenoxy) is 2. The van der Waals surface area contributed by atoms with Gasteiger partial charge in [-0.15, -0.1) is 59.3 Å². The summed E-state index contributed by atoms with van der Waals surface area (Å²) in [6.07, 6.45) is 10.7. The minimum absolute atomic E-state index is 0.